The third kappa shape index (κ3) is 3.72. The van der Waals surface area contributed by atoms with E-state index >= 15 is 0 Å². The van der Waals surface area contributed by atoms with Crippen LogP contribution in [0.4, 0.5) is 11.9 Å². The molecule has 1 saturated carbocycles. The smallest absolute Gasteiger partial charge is 0.227 e. The quantitative estimate of drug-likeness (QED) is 0.617. The summed E-state index contributed by atoms with van der Waals surface area (Å²) in [5, 5.41) is 7.51. The Labute approximate surface area is 146 Å². The van der Waals surface area contributed by atoms with Crippen molar-refractivity contribution in [1.82, 2.24) is 35.6 Å². The number of hydrogen-bond donors (Lipinski definition) is 4. The van der Waals surface area contributed by atoms with Gasteiger partial charge in [0.05, 0.1) is 12.7 Å². The van der Waals surface area contributed by atoms with E-state index in [2.05, 4.69) is 36.2 Å². The van der Waals surface area contributed by atoms with Crippen LogP contribution in [0.1, 0.15) is 36.6 Å². The van der Waals surface area contributed by atoms with Crippen molar-refractivity contribution in [2.45, 2.75) is 44.7 Å². The molecule has 2 aromatic heterocycles. The Morgan fingerprint density at radius 3 is 3.08 bits per heavy atom. The molecule has 25 heavy (non-hydrogen) atoms. The second-order valence-corrected chi connectivity index (χ2v) is 6.98. The molecule has 134 valence electrons. The second kappa shape index (κ2) is 6.93. The molecule has 1 saturated heterocycles. The van der Waals surface area contributed by atoms with Gasteiger partial charge in [-0.1, -0.05) is 0 Å². The summed E-state index contributed by atoms with van der Waals surface area (Å²) in [5.74, 6) is 2.67. The van der Waals surface area contributed by atoms with E-state index < -0.39 is 0 Å². The maximum atomic E-state index is 5.91. The van der Waals surface area contributed by atoms with Crippen molar-refractivity contribution >= 4 is 11.9 Å². The third-order valence-electron chi connectivity index (χ3n) is 5.07. The van der Waals surface area contributed by atoms with E-state index in [4.69, 9.17) is 5.73 Å². The predicted octanol–water partition coefficient (Wildman–Crippen LogP) is 0.431. The largest absolute Gasteiger partial charge is 0.368 e. The highest BCUT2D eigenvalue weighted by Gasteiger charge is 2.35. The summed E-state index contributed by atoms with van der Waals surface area (Å²) in [5.41, 5.74) is 13.7. The van der Waals surface area contributed by atoms with Crippen LogP contribution in [0.5, 0.6) is 0 Å². The first-order chi connectivity index (χ1) is 12.2. The normalized spacial score (nSPS) is 25.7. The zero-order valence-corrected chi connectivity index (χ0v) is 14.4. The van der Waals surface area contributed by atoms with Gasteiger partial charge in [0.2, 0.25) is 11.9 Å². The van der Waals surface area contributed by atoms with Crippen LogP contribution in [-0.2, 0) is 6.54 Å². The molecule has 5 N–H and O–H groups in total. The number of hydrazine groups is 1. The average molecular weight is 343 g/mol. The highest BCUT2D eigenvalue weighted by Crippen LogP contribution is 2.35. The van der Waals surface area contributed by atoms with Crippen LogP contribution in [0.15, 0.2) is 12.4 Å². The first kappa shape index (κ1) is 16.2. The fourth-order valence-electron chi connectivity index (χ4n) is 3.75. The lowest BCUT2D eigenvalue weighted by Crippen LogP contribution is -2.36. The predicted molar refractivity (Wildman–Crippen MR) is 94.7 cm³/mol. The monoisotopic (exact) mass is 343 g/mol. The molecular formula is C16H25N9. The van der Waals surface area contributed by atoms with Gasteiger partial charge < -0.3 is 11.1 Å². The molecule has 0 amide bonds. The minimum absolute atomic E-state index is 0.280. The van der Waals surface area contributed by atoms with Crippen molar-refractivity contribution in [3.05, 3.63) is 23.8 Å². The van der Waals surface area contributed by atoms with Crippen LogP contribution in [0, 0.1) is 12.8 Å². The summed E-state index contributed by atoms with van der Waals surface area (Å²) >= 11 is 0. The van der Waals surface area contributed by atoms with E-state index in [1.54, 1.807) is 0 Å². The number of aromatic nitrogens is 5. The van der Waals surface area contributed by atoms with Crippen molar-refractivity contribution in [3.63, 3.8) is 0 Å². The highest BCUT2D eigenvalue weighted by atomic mass is 15.4. The molecule has 0 bridgehead atoms. The molecular weight excluding hydrogens is 318 g/mol. The van der Waals surface area contributed by atoms with E-state index in [1.165, 1.54) is 6.42 Å². The minimum Gasteiger partial charge on any atom is -0.368 e. The molecule has 3 heterocycles. The number of hydrogen-bond acceptors (Lipinski definition) is 8. The number of nitrogens with zero attached hydrogens (tertiary/aromatic N) is 5. The van der Waals surface area contributed by atoms with Crippen molar-refractivity contribution in [1.29, 1.82) is 0 Å². The average Bonchev–Trinajstić information content (AvgIpc) is 3.22. The van der Waals surface area contributed by atoms with Gasteiger partial charge in [-0.25, -0.2) is 0 Å². The molecule has 1 aliphatic heterocycles. The minimum atomic E-state index is 0.280. The van der Waals surface area contributed by atoms with Gasteiger partial charge in [0, 0.05) is 31.2 Å². The molecule has 0 spiro atoms. The van der Waals surface area contributed by atoms with Gasteiger partial charge in [-0.05, 0) is 37.7 Å². The first-order valence-electron chi connectivity index (χ1n) is 8.90. The Bertz CT molecular complexity index is 728. The Hall–Kier alpha value is -2.26. The fraction of sp³-hybridized carbons (Fsp3) is 0.625. The van der Waals surface area contributed by atoms with Gasteiger partial charge in [0.15, 0.2) is 0 Å². The lowest BCUT2D eigenvalue weighted by atomic mass is 9.79. The number of nitrogens with one attached hydrogen (secondary N) is 3. The maximum absolute atomic E-state index is 5.91. The lowest BCUT2D eigenvalue weighted by Gasteiger charge is -2.29. The van der Waals surface area contributed by atoms with Gasteiger partial charge in [0.1, 0.15) is 5.82 Å². The molecule has 3 atom stereocenters. The van der Waals surface area contributed by atoms with Crippen LogP contribution in [-0.4, -0.2) is 43.9 Å². The van der Waals surface area contributed by atoms with Crippen molar-refractivity contribution in [2.75, 3.05) is 24.1 Å². The number of nitrogen functional groups attached to an aromatic ring is 1. The number of nitrogens with two attached hydrogens (primary N) is 1. The third-order valence-corrected chi connectivity index (χ3v) is 5.07. The van der Waals surface area contributed by atoms with Gasteiger partial charge in [-0.15, -0.1) is 0 Å². The number of rotatable bonds is 5. The molecule has 9 nitrogen and oxygen atoms in total. The lowest BCUT2D eigenvalue weighted by molar-refractivity contribution is 0.296. The van der Waals surface area contributed by atoms with Crippen LogP contribution in [0.2, 0.25) is 0 Å². The summed E-state index contributed by atoms with van der Waals surface area (Å²) in [6, 6.07) is 0.496. The van der Waals surface area contributed by atoms with Gasteiger partial charge in [-0.3, -0.25) is 15.5 Å². The molecule has 2 aromatic rings. The molecule has 9 heteroatoms. The zero-order valence-electron chi connectivity index (χ0n) is 14.4. The van der Waals surface area contributed by atoms with Crippen LogP contribution < -0.4 is 21.9 Å². The fourth-order valence-corrected chi connectivity index (χ4v) is 3.75. The standard InChI is InChI=1S/C16H25N9/c1-10-7-20-25(9-10)5-4-18-16-22-14(21-15(17)23-16)11-2-3-12-8-19-24-13(12)6-11/h7,9,11-13,19,24H,2-6,8H2,1H3,(H3,17,18,21,22,23). The number of anilines is 2. The summed E-state index contributed by atoms with van der Waals surface area (Å²) in [6.07, 6.45) is 7.17. The van der Waals surface area contributed by atoms with E-state index in [1.807, 2.05) is 24.0 Å². The van der Waals surface area contributed by atoms with E-state index in [0.29, 0.717) is 30.4 Å². The summed E-state index contributed by atoms with van der Waals surface area (Å²) in [6.45, 7) is 4.51. The number of aryl methyl sites for hydroxylation is 1. The number of fused-ring (bicyclic) bond motifs is 1. The van der Waals surface area contributed by atoms with Crippen molar-refractivity contribution in [2.24, 2.45) is 5.92 Å². The van der Waals surface area contributed by atoms with Gasteiger partial charge in [-0.2, -0.15) is 20.1 Å². The second-order valence-electron chi connectivity index (χ2n) is 6.98. The first-order valence-corrected chi connectivity index (χ1v) is 8.90. The van der Waals surface area contributed by atoms with Crippen LogP contribution in [0.25, 0.3) is 0 Å². The van der Waals surface area contributed by atoms with Crippen molar-refractivity contribution < 1.29 is 0 Å². The van der Waals surface area contributed by atoms with E-state index in [-0.39, 0.29) is 5.95 Å². The Balaban J connectivity index is 1.39. The molecule has 3 unspecified atom stereocenters. The highest BCUT2D eigenvalue weighted by molar-refractivity contribution is 5.32. The van der Waals surface area contributed by atoms with E-state index in [9.17, 15) is 0 Å². The Morgan fingerprint density at radius 1 is 1.32 bits per heavy atom. The summed E-state index contributed by atoms with van der Waals surface area (Å²) in [7, 11) is 0. The summed E-state index contributed by atoms with van der Waals surface area (Å²) in [4.78, 5) is 13.2. The van der Waals surface area contributed by atoms with Gasteiger partial charge in [0.25, 0.3) is 0 Å². The molecule has 2 fully saturated rings. The van der Waals surface area contributed by atoms with Crippen LogP contribution >= 0.6 is 0 Å². The molecule has 0 radical (unpaired) electrons. The molecule has 2 aliphatic rings. The SMILES string of the molecule is Cc1cnn(CCNc2nc(N)nc(C3CCC4CNNC4C3)n2)c1. The van der Waals surface area contributed by atoms with Gasteiger partial charge >= 0.3 is 0 Å². The Kier molecular flexibility index (Phi) is 4.50. The molecule has 4 rings (SSSR count). The van der Waals surface area contributed by atoms with Crippen LogP contribution in [0.3, 0.4) is 0 Å². The van der Waals surface area contributed by atoms with Crippen molar-refractivity contribution in [3.8, 4) is 0 Å². The zero-order chi connectivity index (χ0) is 17.2. The maximum Gasteiger partial charge on any atom is 0.227 e. The Morgan fingerprint density at radius 2 is 2.24 bits per heavy atom. The molecule has 1 aliphatic carbocycles. The summed E-state index contributed by atoms with van der Waals surface area (Å²) < 4.78 is 1.90. The van der Waals surface area contributed by atoms with E-state index in [0.717, 1.165) is 37.3 Å². The topological polar surface area (TPSA) is 119 Å². The molecule has 0 aromatic carbocycles.